The third-order valence-corrected chi connectivity index (χ3v) is 6.01. The zero-order valence-corrected chi connectivity index (χ0v) is 16.6. The molecule has 8 nitrogen and oxygen atoms in total. The first-order valence-corrected chi connectivity index (χ1v) is 9.58. The Morgan fingerprint density at radius 1 is 1.07 bits per heavy atom. The first kappa shape index (κ1) is 18.9. The van der Waals surface area contributed by atoms with Crippen molar-refractivity contribution in [2.75, 3.05) is 14.2 Å². The summed E-state index contributed by atoms with van der Waals surface area (Å²) in [7, 11) is 2.83. The van der Waals surface area contributed by atoms with Crippen molar-refractivity contribution < 1.29 is 38.7 Å². The number of carbonyl (C=O) groups excluding carboxylic acids is 2. The standard InChI is InChI=1S/C22H20O8/c1-22-5-4-12(23)21(30-22)17-14(29-22)8-11-16(20(17)26)19(25)15-10(18(11)24)6-9(27-2)7-13(15)28-3/h6-8,12,21,23,26H,4-5H2,1-3H3/t12-,21+,22-/m1/s1. The fraction of sp³-hybridized carbons (Fsp3) is 0.364. The molecule has 0 radical (unpaired) electrons. The van der Waals surface area contributed by atoms with Crippen molar-refractivity contribution in [2.24, 2.45) is 0 Å². The number of ketones is 2. The van der Waals surface area contributed by atoms with Crippen LogP contribution in [0.2, 0.25) is 0 Å². The minimum absolute atomic E-state index is 0.0251. The Hall–Kier alpha value is -3.10. The van der Waals surface area contributed by atoms with Gasteiger partial charge in [-0.05, 0) is 18.6 Å². The van der Waals surface area contributed by atoms with E-state index in [-0.39, 0.29) is 39.3 Å². The van der Waals surface area contributed by atoms with Gasteiger partial charge in [0.25, 0.3) is 0 Å². The minimum Gasteiger partial charge on any atom is -0.507 e. The molecule has 3 atom stereocenters. The number of fused-ring (bicyclic) bond motifs is 6. The van der Waals surface area contributed by atoms with Crippen LogP contribution < -0.4 is 14.2 Å². The summed E-state index contributed by atoms with van der Waals surface area (Å²) >= 11 is 0. The number of carbonyl (C=O) groups is 2. The van der Waals surface area contributed by atoms with E-state index in [0.717, 1.165) is 0 Å². The molecular formula is C22H20O8. The maximum absolute atomic E-state index is 13.4. The van der Waals surface area contributed by atoms with Crippen LogP contribution in [0.1, 0.15) is 63.3 Å². The van der Waals surface area contributed by atoms with Gasteiger partial charge >= 0.3 is 0 Å². The Labute approximate surface area is 171 Å². The van der Waals surface area contributed by atoms with Gasteiger partial charge in [-0.3, -0.25) is 9.59 Å². The maximum Gasteiger partial charge on any atom is 0.208 e. The second-order valence-corrected chi connectivity index (χ2v) is 7.85. The molecule has 1 aliphatic carbocycles. The summed E-state index contributed by atoms with van der Waals surface area (Å²) in [6.07, 6.45) is -0.864. The van der Waals surface area contributed by atoms with Crippen molar-refractivity contribution in [3.8, 4) is 23.0 Å². The predicted molar refractivity (Wildman–Crippen MR) is 103 cm³/mol. The molecule has 2 aliphatic heterocycles. The number of aliphatic hydroxyl groups is 1. The molecule has 3 aliphatic rings. The van der Waals surface area contributed by atoms with Gasteiger partial charge < -0.3 is 29.2 Å². The van der Waals surface area contributed by atoms with E-state index in [2.05, 4.69) is 0 Å². The molecule has 1 fully saturated rings. The van der Waals surface area contributed by atoms with Gasteiger partial charge in [0.05, 0.1) is 37.0 Å². The lowest BCUT2D eigenvalue weighted by Crippen LogP contribution is -2.48. The van der Waals surface area contributed by atoms with Gasteiger partial charge in [0.1, 0.15) is 29.1 Å². The molecule has 0 saturated carbocycles. The Bertz CT molecular complexity index is 1120. The molecule has 30 heavy (non-hydrogen) atoms. The number of hydrogen-bond acceptors (Lipinski definition) is 8. The molecule has 156 valence electrons. The van der Waals surface area contributed by atoms with Crippen LogP contribution in [0.5, 0.6) is 23.0 Å². The van der Waals surface area contributed by atoms with Gasteiger partial charge in [0.2, 0.25) is 11.6 Å². The van der Waals surface area contributed by atoms with Crippen molar-refractivity contribution >= 4 is 11.6 Å². The van der Waals surface area contributed by atoms with Crippen LogP contribution in [0.15, 0.2) is 18.2 Å². The molecule has 2 aromatic carbocycles. The Kier molecular flexibility index (Phi) is 3.90. The zero-order valence-electron chi connectivity index (χ0n) is 16.6. The quantitative estimate of drug-likeness (QED) is 0.660. The number of ether oxygens (including phenoxy) is 4. The highest BCUT2D eigenvalue weighted by atomic mass is 16.7. The van der Waals surface area contributed by atoms with Gasteiger partial charge in [0, 0.05) is 30.5 Å². The van der Waals surface area contributed by atoms with E-state index < -0.39 is 35.3 Å². The number of phenols is 1. The van der Waals surface area contributed by atoms with Crippen LogP contribution >= 0.6 is 0 Å². The molecule has 1 saturated heterocycles. The number of aliphatic hydroxyl groups excluding tert-OH is 1. The fourth-order valence-electron chi connectivity index (χ4n) is 4.51. The summed E-state index contributed by atoms with van der Waals surface area (Å²) in [5.41, 5.74) is 0.232. The van der Waals surface area contributed by atoms with Gasteiger partial charge in [-0.25, -0.2) is 0 Å². The highest BCUT2D eigenvalue weighted by Crippen LogP contribution is 2.53. The molecule has 2 heterocycles. The third kappa shape index (κ3) is 2.41. The van der Waals surface area contributed by atoms with Gasteiger partial charge in [-0.2, -0.15) is 0 Å². The highest BCUT2D eigenvalue weighted by Gasteiger charge is 2.49. The molecule has 0 aromatic heterocycles. The van der Waals surface area contributed by atoms with E-state index in [9.17, 15) is 19.8 Å². The number of methoxy groups -OCH3 is 2. The number of benzene rings is 2. The Balaban J connectivity index is 1.76. The molecule has 0 unspecified atom stereocenters. The first-order valence-electron chi connectivity index (χ1n) is 9.58. The molecule has 0 spiro atoms. The first-order chi connectivity index (χ1) is 14.3. The number of rotatable bonds is 2. The third-order valence-electron chi connectivity index (χ3n) is 6.01. The van der Waals surface area contributed by atoms with Crippen LogP contribution in [0, 0.1) is 0 Å². The molecular weight excluding hydrogens is 392 g/mol. The summed E-state index contributed by atoms with van der Waals surface area (Å²) in [5.74, 6) is -1.65. The second-order valence-electron chi connectivity index (χ2n) is 7.85. The SMILES string of the molecule is COc1cc(OC)c2c(c1)C(=O)c1cc3c(c(O)c1C2=O)[C@H]1O[C@](C)(CC[C@H]1O)O3. The van der Waals surface area contributed by atoms with E-state index >= 15 is 0 Å². The van der Waals surface area contributed by atoms with Crippen molar-refractivity contribution in [3.05, 3.63) is 46.0 Å². The average molecular weight is 412 g/mol. The van der Waals surface area contributed by atoms with Gasteiger partial charge in [0.15, 0.2) is 5.78 Å². The van der Waals surface area contributed by atoms with E-state index in [1.165, 1.54) is 32.4 Å². The van der Waals surface area contributed by atoms with E-state index in [0.29, 0.717) is 18.6 Å². The predicted octanol–water partition coefficient (Wildman–Crippen LogP) is 2.51. The summed E-state index contributed by atoms with van der Waals surface area (Å²) < 4.78 is 22.3. The molecule has 2 bridgehead atoms. The molecule has 5 rings (SSSR count). The maximum atomic E-state index is 13.4. The summed E-state index contributed by atoms with van der Waals surface area (Å²) in [6, 6.07) is 4.43. The lowest BCUT2D eigenvalue weighted by Gasteiger charge is -2.46. The number of aromatic hydroxyl groups is 1. The van der Waals surface area contributed by atoms with Crippen molar-refractivity contribution in [1.29, 1.82) is 0 Å². The largest absolute Gasteiger partial charge is 0.507 e. The fourth-order valence-corrected chi connectivity index (χ4v) is 4.51. The Morgan fingerprint density at radius 3 is 2.50 bits per heavy atom. The van der Waals surface area contributed by atoms with Gasteiger partial charge in [-0.1, -0.05) is 0 Å². The Morgan fingerprint density at radius 2 is 1.80 bits per heavy atom. The van der Waals surface area contributed by atoms with Crippen LogP contribution in [0.25, 0.3) is 0 Å². The van der Waals surface area contributed by atoms with E-state index in [4.69, 9.17) is 18.9 Å². The summed E-state index contributed by atoms with van der Waals surface area (Å²) in [6.45, 7) is 1.74. The van der Waals surface area contributed by atoms with Crippen LogP contribution in [-0.4, -0.2) is 47.9 Å². The lowest BCUT2D eigenvalue weighted by molar-refractivity contribution is -0.270. The van der Waals surface area contributed by atoms with Crippen LogP contribution in [0.4, 0.5) is 0 Å². The van der Waals surface area contributed by atoms with Gasteiger partial charge in [-0.15, -0.1) is 0 Å². The topological polar surface area (TPSA) is 112 Å². The number of phenolic OH excluding ortho intramolecular Hbond substituents is 1. The summed E-state index contributed by atoms with van der Waals surface area (Å²) in [5, 5.41) is 21.5. The van der Waals surface area contributed by atoms with Crippen molar-refractivity contribution in [2.45, 2.75) is 37.8 Å². The molecule has 2 aromatic rings. The second kappa shape index (κ2) is 6.20. The van der Waals surface area contributed by atoms with Crippen LogP contribution in [-0.2, 0) is 4.74 Å². The summed E-state index contributed by atoms with van der Waals surface area (Å²) in [4.78, 5) is 26.7. The normalized spacial score (nSPS) is 26.3. The van der Waals surface area contributed by atoms with E-state index in [1.54, 1.807) is 6.92 Å². The minimum atomic E-state index is -0.982. The average Bonchev–Trinajstić information content (AvgIpc) is 2.73. The lowest BCUT2D eigenvalue weighted by atomic mass is 9.80. The molecule has 8 heteroatoms. The monoisotopic (exact) mass is 412 g/mol. The molecule has 2 N–H and O–H groups in total. The van der Waals surface area contributed by atoms with Crippen molar-refractivity contribution in [1.82, 2.24) is 0 Å². The smallest absolute Gasteiger partial charge is 0.208 e. The molecule has 0 amide bonds. The highest BCUT2D eigenvalue weighted by molar-refractivity contribution is 6.30. The number of hydrogen-bond donors (Lipinski definition) is 2. The van der Waals surface area contributed by atoms with E-state index in [1.807, 2.05) is 0 Å². The zero-order chi connectivity index (χ0) is 21.4. The van der Waals surface area contributed by atoms with Crippen molar-refractivity contribution in [3.63, 3.8) is 0 Å². The van der Waals surface area contributed by atoms with Crippen LogP contribution in [0.3, 0.4) is 0 Å².